The van der Waals surface area contributed by atoms with Crippen molar-refractivity contribution in [2.24, 2.45) is 0 Å². The number of fused-ring (bicyclic) bond motifs is 1. The minimum atomic E-state index is -0.182. The van der Waals surface area contributed by atoms with Crippen LogP contribution in [0, 0.1) is 0 Å². The van der Waals surface area contributed by atoms with Gasteiger partial charge < -0.3 is 28.7 Å². The number of methoxy groups -OCH3 is 2. The van der Waals surface area contributed by atoms with Gasteiger partial charge in [-0.25, -0.2) is 14.8 Å². The fourth-order valence-electron chi connectivity index (χ4n) is 5.30. The number of benzene rings is 2. The van der Waals surface area contributed by atoms with Crippen LogP contribution in [0.3, 0.4) is 0 Å². The van der Waals surface area contributed by atoms with Crippen LogP contribution in [0.5, 0.6) is 11.5 Å². The molecule has 2 saturated heterocycles. The Labute approximate surface area is 270 Å². The van der Waals surface area contributed by atoms with Gasteiger partial charge in [-0.15, -0.1) is 0 Å². The summed E-state index contributed by atoms with van der Waals surface area (Å²) in [4.78, 5) is 33.0. The molecule has 2 amide bonds. The van der Waals surface area contributed by atoms with Gasteiger partial charge in [0.15, 0.2) is 0 Å². The predicted molar refractivity (Wildman–Crippen MR) is 179 cm³/mol. The van der Waals surface area contributed by atoms with Crippen LogP contribution in [0.4, 0.5) is 22.0 Å². The Morgan fingerprint density at radius 1 is 0.826 bits per heavy atom. The van der Waals surface area contributed by atoms with Gasteiger partial charge in [0.1, 0.15) is 17.3 Å². The van der Waals surface area contributed by atoms with Gasteiger partial charge in [-0.3, -0.25) is 15.2 Å². The van der Waals surface area contributed by atoms with Gasteiger partial charge in [-0.1, -0.05) is 13.8 Å². The molecule has 244 valence electrons. The first-order valence-corrected chi connectivity index (χ1v) is 15.8. The second-order valence-corrected chi connectivity index (χ2v) is 10.6. The quantitative estimate of drug-likeness (QED) is 0.269. The van der Waals surface area contributed by atoms with Crippen molar-refractivity contribution in [3.8, 4) is 22.8 Å². The molecule has 0 unspecified atom stereocenters. The van der Waals surface area contributed by atoms with Crippen LogP contribution in [-0.4, -0.2) is 111 Å². The molecule has 2 fully saturated rings. The third-order valence-electron chi connectivity index (χ3n) is 7.82. The van der Waals surface area contributed by atoms with Crippen molar-refractivity contribution in [2.75, 3.05) is 90.1 Å². The number of carbonyl (C=O) groups excluding carboxylic acids is 1. The highest BCUT2D eigenvalue weighted by Gasteiger charge is 2.19. The van der Waals surface area contributed by atoms with E-state index in [4.69, 9.17) is 23.9 Å². The van der Waals surface area contributed by atoms with Gasteiger partial charge in [0.2, 0.25) is 0 Å². The Kier molecular flexibility index (Phi) is 11.5. The van der Waals surface area contributed by atoms with Crippen LogP contribution in [0.1, 0.15) is 13.8 Å². The molecule has 12 heteroatoms. The molecule has 0 bridgehead atoms. The van der Waals surface area contributed by atoms with E-state index in [1.54, 1.807) is 37.6 Å². The van der Waals surface area contributed by atoms with Crippen LogP contribution in [0.15, 0.2) is 60.9 Å². The number of rotatable bonds is 9. The largest absolute Gasteiger partial charge is 0.497 e. The smallest absolute Gasteiger partial charge is 0.323 e. The van der Waals surface area contributed by atoms with E-state index in [0.717, 1.165) is 78.9 Å². The fourth-order valence-corrected chi connectivity index (χ4v) is 5.30. The van der Waals surface area contributed by atoms with Gasteiger partial charge in [-0.05, 0) is 30.3 Å². The molecule has 4 heterocycles. The number of hydrogen-bond acceptors (Lipinski definition) is 10. The average molecular weight is 630 g/mol. The highest BCUT2D eigenvalue weighted by Crippen LogP contribution is 2.34. The molecule has 1 N–H and O–H groups in total. The first kappa shape index (κ1) is 32.9. The number of pyridine rings is 1. The second kappa shape index (κ2) is 16.2. The van der Waals surface area contributed by atoms with E-state index in [0.29, 0.717) is 37.8 Å². The molecule has 2 aliphatic heterocycles. The van der Waals surface area contributed by atoms with Crippen LogP contribution in [-0.2, 0) is 9.47 Å². The molecular weight excluding hydrogens is 586 g/mol. The minimum absolute atomic E-state index is 0.182. The number of hydrogen-bond donors (Lipinski definition) is 1. The number of nitrogens with zero attached hydrogens (tertiary/aromatic N) is 6. The van der Waals surface area contributed by atoms with Crippen LogP contribution >= 0.6 is 0 Å². The predicted octanol–water partition coefficient (Wildman–Crippen LogP) is 5.07. The molecule has 2 aromatic carbocycles. The summed E-state index contributed by atoms with van der Waals surface area (Å²) in [6.07, 6.45) is 3.44. The number of morpholine rings is 2. The zero-order valence-corrected chi connectivity index (χ0v) is 27.1. The Bertz CT molecular complexity index is 1550. The summed E-state index contributed by atoms with van der Waals surface area (Å²) in [6.45, 7) is 11.1. The first-order valence-electron chi connectivity index (χ1n) is 15.8. The van der Waals surface area contributed by atoms with Gasteiger partial charge in [0.05, 0.1) is 63.6 Å². The van der Waals surface area contributed by atoms with Gasteiger partial charge in [0.25, 0.3) is 0 Å². The molecule has 0 atom stereocenters. The highest BCUT2D eigenvalue weighted by molar-refractivity contribution is 5.88. The number of aromatic nitrogens is 3. The summed E-state index contributed by atoms with van der Waals surface area (Å²) >= 11 is 0. The van der Waals surface area contributed by atoms with E-state index < -0.39 is 0 Å². The van der Waals surface area contributed by atoms with Crippen LogP contribution in [0.25, 0.3) is 22.3 Å². The normalized spacial score (nSPS) is 15.1. The number of amides is 2. The summed E-state index contributed by atoms with van der Waals surface area (Å²) in [5.41, 5.74) is 4.97. The van der Waals surface area contributed by atoms with E-state index in [1.165, 1.54) is 0 Å². The number of anilines is 3. The topological polar surface area (TPSA) is 114 Å². The van der Waals surface area contributed by atoms with Gasteiger partial charge >= 0.3 is 6.03 Å². The van der Waals surface area contributed by atoms with E-state index in [2.05, 4.69) is 37.2 Å². The lowest BCUT2D eigenvalue weighted by Gasteiger charge is -2.31. The van der Waals surface area contributed by atoms with Crippen molar-refractivity contribution >= 4 is 34.3 Å². The Morgan fingerprint density at radius 3 is 2.17 bits per heavy atom. The molecule has 12 nitrogen and oxygen atoms in total. The lowest BCUT2D eigenvalue weighted by molar-refractivity contribution is 0.0394. The van der Waals surface area contributed by atoms with Gasteiger partial charge in [-0.2, -0.15) is 0 Å². The maximum absolute atomic E-state index is 12.5. The molecule has 0 aliphatic carbocycles. The monoisotopic (exact) mass is 629 g/mol. The minimum Gasteiger partial charge on any atom is -0.497 e. The summed E-state index contributed by atoms with van der Waals surface area (Å²) < 4.78 is 22.0. The standard InChI is InChI=1S/C32H37N7O5.C2H6/c1-41-26-17-25(18-27(20-26)42-2)39(8-7-37-9-13-43-14-10-37)24-4-5-28-29(19-24)35-30(22-33-28)23-3-6-31(34-21-23)36-32(40)38-11-15-44-16-12-38;1-2/h3-6,17-22H,7-16H2,1-2H3,(H,34,36,40);1-2H3. The van der Waals surface area contributed by atoms with Crippen molar-refractivity contribution in [2.45, 2.75) is 13.8 Å². The van der Waals surface area contributed by atoms with Gasteiger partial charge in [0, 0.05) is 80.6 Å². The molecular formula is C34H43N7O5. The second-order valence-electron chi connectivity index (χ2n) is 10.6. The van der Waals surface area contributed by atoms with E-state index >= 15 is 0 Å². The third-order valence-corrected chi connectivity index (χ3v) is 7.82. The number of nitrogens with one attached hydrogen (secondary N) is 1. The number of urea groups is 1. The van der Waals surface area contributed by atoms with Crippen molar-refractivity contribution in [3.63, 3.8) is 0 Å². The summed E-state index contributed by atoms with van der Waals surface area (Å²) in [7, 11) is 3.31. The van der Waals surface area contributed by atoms with Crippen molar-refractivity contribution in [1.82, 2.24) is 24.8 Å². The lowest BCUT2D eigenvalue weighted by atomic mass is 10.1. The Balaban J connectivity index is 0.00000204. The van der Waals surface area contributed by atoms with E-state index in [9.17, 15) is 4.79 Å². The summed E-state index contributed by atoms with van der Waals surface area (Å²) in [5, 5.41) is 2.86. The molecule has 4 aromatic rings. The lowest BCUT2D eigenvalue weighted by Crippen LogP contribution is -2.43. The molecule has 0 saturated carbocycles. The molecule has 0 spiro atoms. The maximum atomic E-state index is 12.5. The zero-order chi connectivity index (χ0) is 32.3. The summed E-state index contributed by atoms with van der Waals surface area (Å²) in [5.74, 6) is 1.91. The highest BCUT2D eigenvalue weighted by atomic mass is 16.5. The van der Waals surface area contributed by atoms with Crippen molar-refractivity contribution in [3.05, 3.63) is 60.9 Å². The molecule has 2 aromatic heterocycles. The first-order chi connectivity index (χ1) is 22.6. The Morgan fingerprint density at radius 2 is 1.52 bits per heavy atom. The van der Waals surface area contributed by atoms with Crippen molar-refractivity contribution < 1.29 is 23.7 Å². The van der Waals surface area contributed by atoms with E-state index in [1.807, 2.05) is 44.2 Å². The van der Waals surface area contributed by atoms with Crippen LogP contribution < -0.4 is 19.7 Å². The van der Waals surface area contributed by atoms with E-state index in [-0.39, 0.29) is 6.03 Å². The molecule has 2 aliphatic rings. The molecule has 0 radical (unpaired) electrons. The number of carbonyl (C=O) groups is 1. The maximum Gasteiger partial charge on any atom is 0.323 e. The van der Waals surface area contributed by atoms with Crippen LogP contribution in [0.2, 0.25) is 0 Å². The SMILES string of the molecule is CC.COc1cc(OC)cc(N(CCN2CCOCC2)c2ccc3ncc(-c4ccc(NC(=O)N5CCOCC5)nc4)nc3c2)c1. The molecule has 46 heavy (non-hydrogen) atoms. The molecule has 6 rings (SSSR count). The van der Waals surface area contributed by atoms with Crippen molar-refractivity contribution in [1.29, 1.82) is 0 Å². The third kappa shape index (κ3) is 8.19. The average Bonchev–Trinajstić information content (AvgIpc) is 3.13. The number of ether oxygens (including phenoxy) is 4. The Hall–Kier alpha value is -4.52. The zero-order valence-electron chi connectivity index (χ0n) is 27.1. The summed E-state index contributed by atoms with van der Waals surface area (Å²) in [6, 6.07) is 15.5. The fraction of sp³-hybridized carbons (Fsp3) is 0.412.